The van der Waals surface area contributed by atoms with E-state index in [1.54, 1.807) is 0 Å². The minimum atomic E-state index is -1.13. The molecule has 9 atom stereocenters. The molecule has 0 aromatic rings. The van der Waals surface area contributed by atoms with Gasteiger partial charge in [0.1, 0.15) is 0 Å². The molecule has 4 fully saturated rings. The van der Waals surface area contributed by atoms with Crippen molar-refractivity contribution in [2.45, 2.75) is 92.0 Å². The van der Waals surface area contributed by atoms with Gasteiger partial charge in [-0.05, 0) is 72.5 Å². The predicted octanol–water partition coefficient (Wildman–Crippen LogP) is 4.44. The summed E-state index contributed by atoms with van der Waals surface area (Å²) < 4.78 is 5.21. The average molecular weight is 403 g/mol. The van der Waals surface area contributed by atoms with Gasteiger partial charge in [0.05, 0.1) is 12.0 Å². The summed E-state index contributed by atoms with van der Waals surface area (Å²) >= 11 is 0. The molecular formula is C25H38O4. The van der Waals surface area contributed by atoms with E-state index in [-0.39, 0.29) is 16.7 Å². The number of fused-ring (bicyclic) bond motifs is 7. The van der Waals surface area contributed by atoms with Crippen molar-refractivity contribution in [2.75, 3.05) is 0 Å². The lowest BCUT2D eigenvalue weighted by Gasteiger charge is -2.70. The molecular weight excluding hydrogens is 364 g/mol. The number of ether oxygens (including phenoxy) is 1. The molecule has 0 aromatic heterocycles. The normalized spacial score (nSPS) is 55.7. The molecule has 4 heteroatoms. The third-order valence-corrected chi connectivity index (χ3v) is 10.9. The predicted molar refractivity (Wildman–Crippen MR) is 111 cm³/mol. The van der Waals surface area contributed by atoms with Crippen molar-refractivity contribution in [3.05, 3.63) is 11.6 Å². The fourth-order valence-electron chi connectivity index (χ4n) is 9.63. The second-order valence-electron chi connectivity index (χ2n) is 12.3. The summed E-state index contributed by atoms with van der Waals surface area (Å²) in [6, 6.07) is 0. The molecule has 0 unspecified atom stereocenters. The first-order valence-electron chi connectivity index (χ1n) is 11.7. The van der Waals surface area contributed by atoms with Crippen LogP contribution in [-0.2, 0) is 9.53 Å². The zero-order valence-corrected chi connectivity index (χ0v) is 18.7. The second-order valence-corrected chi connectivity index (χ2v) is 12.3. The minimum Gasteiger partial charge on any atom is -0.432 e. The second kappa shape index (κ2) is 5.88. The largest absolute Gasteiger partial charge is 0.432 e. The summed E-state index contributed by atoms with van der Waals surface area (Å²) in [6.45, 7) is 12.0. The Morgan fingerprint density at radius 1 is 0.966 bits per heavy atom. The lowest BCUT2D eigenvalue weighted by molar-refractivity contribution is -0.247. The van der Waals surface area contributed by atoms with Gasteiger partial charge in [0, 0.05) is 11.0 Å². The van der Waals surface area contributed by atoms with Gasteiger partial charge in [0.25, 0.3) is 0 Å². The first kappa shape index (κ1) is 20.1. The molecule has 29 heavy (non-hydrogen) atoms. The van der Waals surface area contributed by atoms with Crippen molar-refractivity contribution in [3.63, 3.8) is 0 Å². The molecule has 3 saturated carbocycles. The van der Waals surface area contributed by atoms with Gasteiger partial charge < -0.3 is 14.9 Å². The highest BCUT2D eigenvalue weighted by Gasteiger charge is 2.70. The van der Waals surface area contributed by atoms with Gasteiger partial charge in [-0.3, -0.25) is 0 Å². The highest BCUT2D eigenvalue weighted by molar-refractivity contribution is 5.91. The van der Waals surface area contributed by atoms with Crippen molar-refractivity contribution < 1.29 is 19.7 Å². The van der Waals surface area contributed by atoms with Crippen LogP contribution in [-0.4, -0.2) is 28.6 Å². The molecule has 0 aromatic carbocycles. The zero-order chi connectivity index (χ0) is 21.0. The molecule has 5 rings (SSSR count). The third kappa shape index (κ3) is 2.31. The first-order valence-corrected chi connectivity index (χ1v) is 11.7. The molecule has 1 saturated heterocycles. The van der Waals surface area contributed by atoms with Crippen LogP contribution in [0.15, 0.2) is 11.6 Å². The van der Waals surface area contributed by atoms with Crippen molar-refractivity contribution in [1.82, 2.24) is 0 Å². The van der Waals surface area contributed by atoms with Crippen LogP contribution >= 0.6 is 0 Å². The maximum absolute atomic E-state index is 12.3. The van der Waals surface area contributed by atoms with Gasteiger partial charge >= 0.3 is 5.97 Å². The number of hydrogen-bond donors (Lipinski definition) is 2. The maximum Gasteiger partial charge on any atom is 0.336 e. The standard InChI is InChI=1S/C25H38O4/c1-22(2)10-6-11-23(3)15(22)9-12-24(4)16-8-7-14-19(21(28)29-20(14)27)25(16,5)18(26)13-17(23)24/h7,15-19,21,26,28H,6,8-13H2,1-5H3/t15-,16-,17-,18+,19-,21-,23+,24+,25-/m1/s1. The molecule has 2 N–H and O–H groups in total. The monoisotopic (exact) mass is 402 g/mol. The summed E-state index contributed by atoms with van der Waals surface area (Å²) in [5.74, 6) is 0.632. The van der Waals surface area contributed by atoms with E-state index in [9.17, 15) is 15.0 Å². The van der Waals surface area contributed by atoms with E-state index in [1.807, 2.05) is 6.08 Å². The van der Waals surface area contributed by atoms with Gasteiger partial charge in [-0.25, -0.2) is 4.79 Å². The van der Waals surface area contributed by atoms with E-state index in [4.69, 9.17) is 4.74 Å². The number of allylic oxidation sites excluding steroid dienone is 1. The Labute approximate surface area is 175 Å². The topological polar surface area (TPSA) is 66.8 Å². The maximum atomic E-state index is 12.3. The number of hydrogen-bond acceptors (Lipinski definition) is 4. The van der Waals surface area contributed by atoms with Crippen LogP contribution in [0.25, 0.3) is 0 Å². The van der Waals surface area contributed by atoms with Gasteiger partial charge in [0.2, 0.25) is 6.29 Å². The van der Waals surface area contributed by atoms with Gasteiger partial charge in [-0.1, -0.05) is 47.1 Å². The van der Waals surface area contributed by atoms with Gasteiger partial charge in [-0.2, -0.15) is 0 Å². The Bertz CT molecular complexity index is 771. The summed E-state index contributed by atoms with van der Waals surface area (Å²) in [6.07, 6.45) is 8.21. The molecule has 1 heterocycles. The zero-order valence-electron chi connectivity index (χ0n) is 18.7. The third-order valence-electron chi connectivity index (χ3n) is 10.9. The van der Waals surface area contributed by atoms with E-state index in [0.29, 0.717) is 22.8 Å². The van der Waals surface area contributed by atoms with Crippen LogP contribution in [0.5, 0.6) is 0 Å². The Morgan fingerprint density at radius 2 is 1.66 bits per heavy atom. The van der Waals surface area contributed by atoms with Crippen LogP contribution in [0.4, 0.5) is 0 Å². The van der Waals surface area contributed by atoms with Crippen LogP contribution in [0.3, 0.4) is 0 Å². The van der Waals surface area contributed by atoms with Crippen LogP contribution in [0, 0.1) is 45.3 Å². The van der Waals surface area contributed by atoms with Crippen molar-refractivity contribution in [1.29, 1.82) is 0 Å². The summed E-state index contributed by atoms with van der Waals surface area (Å²) in [5.41, 5.74) is 0.799. The van der Waals surface area contributed by atoms with E-state index in [1.165, 1.54) is 32.1 Å². The van der Waals surface area contributed by atoms with E-state index in [0.717, 1.165) is 12.8 Å². The SMILES string of the molecule is CC1(C)CCC[C@]2(C)[C@H]3C[C@H](O)[C@]4(C)[C@@H]5C(=CC[C@@H]4[C@]3(C)CC[C@H]12)C(=O)O[C@H]5O. The number of rotatable bonds is 0. The van der Waals surface area contributed by atoms with Gasteiger partial charge in [-0.15, -0.1) is 0 Å². The summed E-state index contributed by atoms with van der Waals surface area (Å²) in [5, 5.41) is 22.2. The Hall–Kier alpha value is -0.870. The van der Waals surface area contributed by atoms with E-state index in [2.05, 4.69) is 34.6 Å². The van der Waals surface area contributed by atoms with E-state index < -0.39 is 29.7 Å². The number of carbonyl (C=O) groups excluding carboxylic acids is 1. The fourth-order valence-corrected chi connectivity index (χ4v) is 9.63. The number of cyclic esters (lactones) is 1. The quantitative estimate of drug-likeness (QED) is 0.588. The van der Waals surface area contributed by atoms with Crippen molar-refractivity contribution in [2.24, 2.45) is 45.3 Å². The van der Waals surface area contributed by atoms with Crippen LogP contribution < -0.4 is 0 Å². The lowest BCUT2D eigenvalue weighted by atomic mass is 9.34. The smallest absolute Gasteiger partial charge is 0.336 e. The number of aliphatic hydroxyl groups is 2. The molecule has 5 aliphatic rings. The molecule has 4 aliphatic carbocycles. The average Bonchev–Trinajstić information content (AvgIpc) is 2.91. The molecule has 0 spiro atoms. The number of carbonyl (C=O) groups is 1. The Kier molecular flexibility index (Phi) is 4.07. The number of esters is 1. The lowest BCUT2D eigenvalue weighted by Crippen LogP contribution is -2.66. The molecule has 0 amide bonds. The first-order chi connectivity index (χ1) is 13.5. The van der Waals surface area contributed by atoms with Gasteiger partial charge in [0.15, 0.2) is 0 Å². The van der Waals surface area contributed by atoms with Crippen LogP contribution in [0.1, 0.15) is 79.6 Å². The van der Waals surface area contributed by atoms with Crippen molar-refractivity contribution >= 4 is 5.97 Å². The van der Waals surface area contributed by atoms with Crippen LogP contribution in [0.2, 0.25) is 0 Å². The Balaban J connectivity index is 1.60. The summed E-state index contributed by atoms with van der Waals surface area (Å²) in [4.78, 5) is 12.3. The minimum absolute atomic E-state index is 0.111. The van der Waals surface area contributed by atoms with Crippen molar-refractivity contribution in [3.8, 4) is 0 Å². The van der Waals surface area contributed by atoms with E-state index >= 15 is 0 Å². The molecule has 0 bridgehead atoms. The molecule has 162 valence electrons. The molecule has 4 nitrogen and oxygen atoms in total. The Morgan fingerprint density at radius 3 is 2.38 bits per heavy atom. The molecule has 0 radical (unpaired) electrons. The molecule has 1 aliphatic heterocycles. The highest BCUT2D eigenvalue weighted by Crippen LogP contribution is 2.73. The summed E-state index contributed by atoms with van der Waals surface area (Å²) in [7, 11) is 0. The highest BCUT2D eigenvalue weighted by atomic mass is 16.6. The fraction of sp³-hybridized carbons (Fsp3) is 0.880. The number of aliphatic hydroxyl groups excluding tert-OH is 2.